The molecule has 3 rings (SSSR count). The molecule has 3 aromatic carbocycles. The Balaban J connectivity index is 0.000000336. The van der Waals surface area contributed by atoms with Crippen molar-refractivity contribution in [2.24, 2.45) is 10.3 Å². The topological polar surface area (TPSA) is 108 Å². The van der Waals surface area contributed by atoms with Crippen molar-refractivity contribution in [1.29, 1.82) is 0 Å². The minimum Gasteiger partial charge on any atom is -0.411 e. The number of halogens is 1. The van der Waals surface area contributed by atoms with Crippen LogP contribution in [0.5, 0.6) is 0 Å². The highest BCUT2D eigenvalue weighted by molar-refractivity contribution is 6.48. The molecule has 0 saturated heterocycles. The van der Waals surface area contributed by atoms with Crippen LogP contribution >= 0.6 is 11.6 Å². The molecule has 0 aliphatic heterocycles. The van der Waals surface area contributed by atoms with Crippen LogP contribution in [0, 0.1) is 10.1 Å². The smallest absolute Gasteiger partial charge is 0.269 e. The summed E-state index contributed by atoms with van der Waals surface area (Å²) in [6, 6.07) is 23.1. The molecule has 0 spiro atoms. The van der Waals surface area contributed by atoms with Gasteiger partial charge in [0.2, 0.25) is 0 Å². The first-order valence-corrected chi connectivity index (χ1v) is 9.87. The van der Waals surface area contributed by atoms with Gasteiger partial charge in [0, 0.05) is 23.6 Å². The van der Waals surface area contributed by atoms with E-state index in [4.69, 9.17) is 22.0 Å². The number of nitro benzene ring substituents is 1. The number of benzene rings is 3. The third-order valence-electron chi connectivity index (χ3n) is 4.43. The second kappa shape index (κ2) is 12.0. The predicted octanol–water partition coefficient (Wildman–Crippen LogP) is 6.58. The van der Waals surface area contributed by atoms with E-state index < -0.39 is 4.92 Å². The van der Waals surface area contributed by atoms with Crippen LogP contribution in [-0.4, -0.2) is 26.8 Å². The molecule has 2 N–H and O–H groups in total. The average Bonchev–Trinajstić information content (AvgIpc) is 2.83. The molecule has 8 heteroatoms. The maximum absolute atomic E-state index is 10.7. The second-order valence-corrected chi connectivity index (χ2v) is 7.17. The Labute approximate surface area is 190 Å². The summed E-state index contributed by atoms with van der Waals surface area (Å²) >= 11 is 5.61. The van der Waals surface area contributed by atoms with E-state index in [-0.39, 0.29) is 12.1 Å². The Bertz CT molecular complexity index is 1110. The Morgan fingerprint density at radius 3 is 1.84 bits per heavy atom. The highest BCUT2D eigenvalue weighted by Crippen LogP contribution is 2.23. The van der Waals surface area contributed by atoms with Crippen LogP contribution in [-0.2, 0) is 0 Å². The van der Waals surface area contributed by atoms with Crippen LogP contribution in [0.2, 0.25) is 0 Å². The number of oxime groups is 2. The maximum atomic E-state index is 10.7. The van der Waals surface area contributed by atoms with E-state index in [0.717, 1.165) is 16.7 Å². The van der Waals surface area contributed by atoms with Gasteiger partial charge in [0.25, 0.3) is 5.69 Å². The molecule has 0 atom stereocenters. The molecule has 0 saturated carbocycles. The van der Waals surface area contributed by atoms with Crippen molar-refractivity contribution in [2.75, 3.05) is 0 Å². The van der Waals surface area contributed by atoms with Gasteiger partial charge in [-0.1, -0.05) is 83.1 Å². The quantitative estimate of drug-likeness (QED) is 0.191. The van der Waals surface area contributed by atoms with Crippen LogP contribution in [0.15, 0.2) is 95.8 Å². The van der Waals surface area contributed by atoms with Crippen LogP contribution in [0.3, 0.4) is 0 Å². The molecule has 3 aromatic rings. The Kier molecular flexibility index (Phi) is 9.13. The van der Waals surface area contributed by atoms with E-state index >= 15 is 0 Å². The van der Waals surface area contributed by atoms with Gasteiger partial charge in [-0.05, 0) is 41.3 Å². The van der Waals surface area contributed by atoms with Crippen LogP contribution in [0.4, 0.5) is 5.69 Å². The van der Waals surface area contributed by atoms with Gasteiger partial charge in [0.1, 0.15) is 0 Å². The number of hydrogen-bond acceptors (Lipinski definition) is 6. The van der Waals surface area contributed by atoms with Crippen molar-refractivity contribution in [3.8, 4) is 11.1 Å². The van der Waals surface area contributed by atoms with Gasteiger partial charge in [-0.15, -0.1) is 0 Å². The Morgan fingerprint density at radius 2 is 1.44 bits per heavy atom. The van der Waals surface area contributed by atoms with Gasteiger partial charge in [-0.3, -0.25) is 10.1 Å². The number of rotatable bonds is 6. The zero-order valence-corrected chi connectivity index (χ0v) is 18.1. The van der Waals surface area contributed by atoms with Crippen LogP contribution in [0.25, 0.3) is 16.2 Å². The summed E-state index contributed by atoms with van der Waals surface area (Å²) in [7, 11) is 0. The van der Waals surface area contributed by atoms with Gasteiger partial charge in [-0.2, -0.15) is 0 Å². The van der Waals surface area contributed by atoms with Gasteiger partial charge in [-0.25, -0.2) is 0 Å². The zero-order valence-electron chi connectivity index (χ0n) is 17.4. The Hall–Kier alpha value is -3.97. The molecule has 0 unspecified atom stereocenters. The van der Waals surface area contributed by atoms with Crippen molar-refractivity contribution >= 4 is 33.7 Å². The van der Waals surface area contributed by atoms with Gasteiger partial charge >= 0.3 is 0 Å². The number of nitrogens with zero attached hydrogens (tertiary/aromatic N) is 3. The zero-order chi connectivity index (χ0) is 23.5. The normalized spacial score (nSPS) is 11.3. The molecule has 164 valence electrons. The fraction of sp³-hybridized carbons (Fsp3) is 0.0833. The molecular weight excluding hydrogens is 430 g/mol. The summed E-state index contributed by atoms with van der Waals surface area (Å²) in [5, 5.41) is 35.3. The van der Waals surface area contributed by atoms with Crippen molar-refractivity contribution in [1.82, 2.24) is 0 Å². The maximum Gasteiger partial charge on any atom is 0.269 e. The first-order valence-electron chi connectivity index (χ1n) is 9.49. The Morgan fingerprint density at radius 1 is 0.906 bits per heavy atom. The minimum absolute atomic E-state index is 0.0406. The van der Waals surface area contributed by atoms with Crippen LogP contribution < -0.4 is 0 Å². The monoisotopic (exact) mass is 451 g/mol. The number of hydrogen-bond donors (Lipinski definition) is 2. The summed E-state index contributed by atoms with van der Waals surface area (Å²) < 4.78 is 0. The lowest BCUT2D eigenvalue weighted by Crippen LogP contribution is -2.07. The van der Waals surface area contributed by atoms with E-state index in [1.54, 1.807) is 31.2 Å². The second-order valence-electron chi connectivity index (χ2n) is 6.71. The van der Waals surface area contributed by atoms with E-state index in [9.17, 15) is 10.1 Å². The van der Waals surface area contributed by atoms with Crippen molar-refractivity contribution in [2.45, 2.75) is 13.3 Å². The van der Waals surface area contributed by atoms with Gasteiger partial charge in [0.15, 0.2) is 0 Å². The van der Waals surface area contributed by atoms with Crippen LogP contribution in [0.1, 0.15) is 24.5 Å². The molecule has 0 fully saturated rings. The van der Waals surface area contributed by atoms with Crippen molar-refractivity contribution in [3.05, 3.63) is 107 Å². The summed E-state index contributed by atoms with van der Waals surface area (Å²) in [6.07, 6.45) is 0.226. The van der Waals surface area contributed by atoms with Gasteiger partial charge < -0.3 is 10.4 Å². The summed E-state index contributed by atoms with van der Waals surface area (Å²) in [6.45, 7) is 5.21. The largest absolute Gasteiger partial charge is 0.411 e. The van der Waals surface area contributed by atoms with E-state index in [2.05, 4.69) is 16.9 Å². The standard InChI is InChI=1S/C16H15N3O4.C8H7Cl/c1-11(17-20)10-16(18-21)14-4-2-12(3-5-14)13-6-8-15(9-7-13)19(22)23;1-7(9)8-5-3-2-4-6-8/h2-9,20-21H,10H2,1H3;2-6H,1H2/b17-11+,18-16-;. The lowest BCUT2D eigenvalue weighted by molar-refractivity contribution is -0.384. The molecule has 0 amide bonds. The van der Waals surface area contributed by atoms with Crippen molar-refractivity contribution < 1.29 is 15.3 Å². The summed E-state index contributed by atoms with van der Waals surface area (Å²) in [5.41, 5.74) is 4.26. The summed E-state index contributed by atoms with van der Waals surface area (Å²) in [4.78, 5) is 10.2. The molecule has 0 aliphatic rings. The van der Waals surface area contributed by atoms with E-state index in [0.29, 0.717) is 22.0 Å². The summed E-state index contributed by atoms with van der Waals surface area (Å²) in [5.74, 6) is 0. The average molecular weight is 452 g/mol. The highest BCUT2D eigenvalue weighted by atomic mass is 35.5. The first-order chi connectivity index (χ1) is 15.3. The SMILES string of the molecule is C/C(C/C(=N/O)c1ccc(-c2ccc([N+](=O)[O-])cc2)cc1)=N\O.C=C(Cl)c1ccccc1. The lowest BCUT2D eigenvalue weighted by Gasteiger charge is -2.06. The molecule has 0 aromatic heterocycles. The predicted molar refractivity (Wildman–Crippen MR) is 128 cm³/mol. The molecule has 0 radical (unpaired) electrons. The van der Waals surface area contributed by atoms with E-state index in [1.807, 2.05) is 42.5 Å². The molecule has 0 bridgehead atoms. The third kappa shape index (κ3) is 7.07. The molecule has 0 aliphatic carbocycles. The highest BCUT2D eigenvalue weighted by Gasteiger charge is 2.09. The number of nitro groups is 1. The molecule has 32 heavy (non-hydrogen) atoms. The lowest BCUT2D eigenvalue weighted by atomic mass is 10.00. The van der Waals surface area contributed by atoms with Gasteiger partial charge in [0.05, 0.1) is 16.3 Å². The minimum atomic E-state index is -0.443. The first kappa shape index (κ1) is 24.3. The molecule has 7 nitrogen and oxygen atoms in total. The fourth-order valence-corrected chi connectivity index (χ4v) is 2.85. The molecule has 0 heterocycles. The van der Waals surface area contributed by atoms with Crippen molar-refractivity contribution in [3.63, 3.8) is 0 Å². The third-order valence-corrected chi connectivity index (χ3v) is 4.65. The molecular formula is C24H22ClN3O4. The van der Waals surface area contributed by atoms with E-state index in [1.165, 1.54) is 12.1 Å². The number of non-ortho nitro benzene ring substituents is 1. The fourth-order valence-electron chi connectivity index (χ4n) is 2.72.